The SMILES string of the molecule is Cc1cc(C)cc(CC(=O)C2Cc3ccccc3C2)c1. The molecule has 0 N–H and O–H groups in total. The second kappa shape index (κ2) is 5.24. The minimum atomic E-state index is 0.174. The van der Waals surface area contributed by atoms with Gasteiger partial charge in [0, 0.05) is 12.3 Å². The summed E-state index contributed by atoms with van der Waals surface area (Å²) in [7, 11) is 0. The fourth-order valence-corrected chi connectivity index (χ4v) is 3.30. The summed E-state index contributed by atoms with van der Waals surface area (Å²) in [4.78, 5) is 12.5. The van der Waals surface area contributed by atoms with Gasteiger partial charge in [-0.15, -0.1) is 0 Å². The molecule has 102 valence electrons. The number of carbonyl (C=O) groups is 1. The number of aryl methyl sites for hydroxylation is 2. The van der Waals surface area contributed by atoms with Crippen LogP contribution < -0.4 is 0 Å². The molecule has 2 aromatic carbocycles. The van der Waals surface area contributed by atoms with E-state index >= 15 is 0 Å². The van der Waals surface area contributed by atoms with Crippen molar-refractivity contribution in [2.24, 2.45) is 5.92 Å². The second-order valence-electron chi connectivity index (χ2n) is 6.01. The summed E-state index contributed by atoms with van der Waals surface area (Å²) in [5.41, 5.74) is 6.34. The number of hydrogen-bond acceptors (Lipinski definition) is 1. The number of hydrogen-bond donors (Lipinski definition) is 0. The molecule has 1 heteroatoms. The molecule has 0 radical (unpaired) electrons. The van der Waals surface area contributed by atoms with Gasteiger partial charge in [-0.05, 0) is 43.4 Å². The molecule has 0 saturated carbocycles. The monoisotopic (exact) mass is 264 g/mol. The van der Waals surface area contributed by atoms with Crippen LogP contribution >= 0.6 is 0 Å². The van der Waals surface area contributed by atoms with Gasteiger partial charge in [-0.25, -0.2) is 0 Å². The smallest absolute Gasteiger partial charge is 0.140 e. The summed E-state index contributed by atoms with van der Waals surface area (Å²) in [6, 6.07) is 14.9. The Balaban J connectivity index is 1.72. The van der Waals surface area contributed by atoms with E-state index in [1.165, 1.54) is 22.3 Å². The molecule has 0 amide bonds. The Kier molecular flexibility index (Phi) is 3.43. The minimum absolute atomic E-state index is 0.174. The summed E-state index contributed by atoms with van der Waals surface area (Å²) in [5.74, 6) is 0.555. The Morgan fingerprint density at radius 3 is 2.10 bits per heavy atom. The minimum Gasteiger partial charge on any atom is -0.299 e. The Morgan fingerprint density at radius 2 is 1.55 bits per heavy atom. The van der Waals surface area contributed by atoms with Crippen molar-refractivity contribution in [3.63, 3.8) is 0 Å². The number of benzene rings is 2. The Hall–Kier alpha value is -1.89. The van der Waals surface area contributed by atoms with E-state index in [0.717, 1.165) is 18.4 Å². The van der Waals surface area contributed by atoms with Crippen LogP contribution in [0.15, 0.2) is 42.5 Å². The maximum absolute atomic E-state index is 12.5. The van der Waals surface area contributed by atoms with Crippen molar-refractivity contribution in [3.05, 3.63) is 70.3 Å². The summed E-state index contributed by atoms with van der Waals surface area (Å²) in [6.45, 7) is 4.18. The predicted octanol–water partition coefficient (Wildman–Crippen LogP) is 3.83. The highest BCUT2D eigenvalue weighted by molar-refractivity contribution is 5.84. The van der Waals surface area contributed by atoms with Crippen LogP contribution in [-0.2, 0) is 24.1 Å². The maximum Gasteiger partial charge on any atom is 0.140 e. The van der Waals surface area contributed by atoms with E-state index in [1.54, 1.807) is 0 Å². The van der Waals surface area contributed by atoms with Gasteiger partial charge in [-0.3, -0.25) is 4.79 Å². The molecule has 0 saturated heterocycles. The Bertz CT molecular complexity index is 609. The van der Waals surface area contributed by atoms with Gasteiger partial charge in [0.1, 0.15) is 5.78 Å². The van der Waals surface area contributed by atoms with Crippen LogP contribution in [0.4, 0.5) is 0 Å². The number of rotatable bonds is 3. The molecule has 1 nitrogen and oxygen atoms in total. The van der Waals surface area contributed by atoms with Gasteiger partial charge in [0.05, 0.1) is 0 Å². The average molecular weight is 264 g/mol. The van der Waals surface area contributed by atoms with Crippen LogP contribution in [-0.4, -0.2) is 5.78 Å². The normalized spacial score (nSPS) is 14.3. The molecule has 0 fully saturated rings. The first-order valence-electron chi connectivity index (χ1n) is 7.28. The molecule has 1 aliphatic carbocycles. The summed E-state index contributed by atoms with van der Waals surface area (Å²) in [6.07, 6.45) is 2.40. The van der Waals surface area contributed by atoms with Gasteiger partial charge in [0.2, 0.25) is 0 Å². The quantitative estimate of drug-likeness (QED) is 0.823. The number of fused-ring (bicyclic) bond motifs is 1. The highest BCUT2D eigenvalue weighted by atomic mass is 16.1. The molecule has 20 heavy (non-hydrogen) atoms. The number of Topliss-reactive ketones (excluding diaryl/α,β-unsaturated/α-hetero) is 1. The average Bonchev–Trinajstić information content (AvgIpc) is 2.81. The van der Waals surface area contributed by atoms with E-state index in [9.17, 15) is 4.79 Å². The van der Waals surface area contributed by atoms with Gasteiger partial charge < -0.3 is 0 Å². The summed E-state index contributed by atoms with van der Waals surface area (Å²) in [5, 5.41) is 0. The molecule has 0 spiro atoms. The van der Waals surface area contributed by atoms with Crippen LogP contribution in [0, 0.1) is 19.8 Å². The third-order valence-electron chi connectivity index (χ3n) is 4.17. The molecule has 0 aromatic heterocycles. The largest absolute Gasteiger partial charge is 0.299 e. The molecule has 0 aliphatic heterocycles. The number of ketones is 1. The first-order valence-corrected chi connectivity index (χ1v) is 7.28. The third-order valence-corrected chi connectivity index (χ3v) is 4.17. The van der Waals surface area contributed by atoms with Crippen molar-refractivity contribution in [2.75, 3.05) is 0 Å². The fourth-order valence-electron chi connectivity index (χ4n) is 3.30. The highest BCUT2D eigenvalue weighted by Crippen LogP contribution is 2.28. The lowest BCUT2D eigenvalue weighted by atomic mass is 9.94. The van der Waals surface area contributed by atoms with Crippen LogP contribution in [0.5, 0.6) is 0 Å². The topological polar surface area (TPSA) is 17.1 Å². The van der Waals surface area contributed by atoms with Crippen molar-refractivity contribution in [3.8, 4) is 0 Å². The molecular formula is C19H20O. The lowest BCUT2D eigenvalue weighted by Gasteiger charge is -2.09. The van der Waals surface area contributed by atoms with Crippen LogP contribution in [0.25, 0.3) is 0 Å². The molecule has 0 unspecified atom stereocenters. The fraction of sp³-hybridized carbons (Fsp3) is 0.316. The van der Waals surface area contributed by atoms with Crippen molar-refractivity contribution in [1.82, 2.24) is 0 Å². The van der Waals surface area contributed by atoms with E-state index in [4.69, 9.17) is 0 Å². The molecule has 0 atom stereocenters. The van der Waals surface area contributed by atoms with E-state index in [1.807, 2.05) is 0 Å². The van der Waals surface area contributed by atoms with Gasteiger partial charge in [-0.1, -0.05) is 53.6 Å². The van der Waals surface area contributed by atoms with Crippen LogP contribution in [0.3, 0.4) is 0 Å². The van der Waals surface area contributed by atoms with Crippen molar-refractivity contribution < 1.29 is 4.79 Å². The Morgan fingerprint density at radius 1 is 1.00 bits per heavy atom. The van der Waals surface area contributed by atoms with Crippen molar-refractivity contribution in [1.29, 1.82) is 0 Å². The zero-order valence-corrected chi connectivity index (χ0v) is 12.1. The molecule has 1 aliphatic rings. The highest BCUT2D eigenvalue weighted by Gasteiger charge is 2.26. The first kappa shape index (κ1) is 13.1. The van der Waals surface area contributed by atoms with Gasteiger partial charge >= 0.3 is 0 Å². The Labute approximate surface area is 120 Å². The zero-order chi connectivity index (χ0) is 14.1. The summed E-state index contributed by atoms with van der Waals surface area (Å²) >= 11 is 0. The molecular weight excluding hydrogens is 244 g/mol. The first-order chi connectivity index (χ1) is 9.61. The van der Waals surface area contributed by atoms with Crippen LogP contribution in [0.1, 0.15) is 27.8 Å². The van der Waals surface area contributed by atoms with Crippen molar-refractivity contribution in [2.45, 2.75) is 33.1 Å². The van der Waals surface area contributed by atoms with E-state index in [-0.39, 0.29) is 5.92 Å². The van der Waals surface area contributed by atoms with Crippen molar-refractivity contribution >= 4 is 5.78 Å². The van der Waals surface area contributed by atoms with E-state index in [2.05, 4.69) is 56.3 Å². The third kappa shape index (κ3) is 2.67. The maximum atomic E-state index is 12.5. The van der Waals surface area contributed by atoms with E-state index in [0.29, 0.717) is 12.2 Å². The standard InChI is InChI=1S/C19H20O/c1-13-7-14(2)9-15(8-13)10-19(20)18-11-16-5-3-4-6-17(16)12-18/h3-9,18H,10-12H2,1-2H3. The zero-order valence-electron chi connectivity index (χ0n) is 12.1. The predicted molar refractivity (Wildman–Crippen MR) is 82.0 cm³/mol. The van der Waals surface area contributed by atoms with Gasteiger partial charge in [-0.2, -0.15) is 0 Å². The summed E-state index contributed by atoms with van der Waals surface area (Å²) < 4.78 is 0. The number of carbonyl (C=O) groups excluding carboxylic acids is 1. The van der Waals surface area contributed by atoms with Gasteiger partial charge in [0.15, 0.2) is 0 Å². The molecule has 0 bridgehead atoms. The lowest BCUT2D eigenvalue weighted by molar-refractivity contribution is -0.121. The van der Waals surface area contributed by atoms with Gasteiger partial charge in [0.25, 0.3) is 0 Å². The molecule has 3 rings (SSSR count). The lowest BCUT2D eigenvalue weighted by Crippen LogP contribution is -2.17. The van der Waals surface area contributed by atoms with Crippen LogP contribution in [0.2, 0.25) is 0 Å². The molecule has 0 heterocycles. The second-order valence-corrected chi connectivity index (χ2v) is 6.01. The molecule has 2 aromatic rings. The van der Waals surface area contributed by atoms with E-state index < -0.39 is 0 Å².